The Morgan fingerprint density at radius 2 is 1.79 bits per heavy atom. The van der Waals surface area contributed by atoms with Gasteiger partial charge in [0.1, 0.15) is 17.3 Å². The second kappa shape index (κ2) is 7.39. The van der Waals surface area contributed by atoms with Gasteiger partial charge in [-0.3, -0.25) is 9.59 Å². The first kappa shape index (κ1) is 18.7. The number of rotatable bonds is 4. The molecule has 3 aromatic rings. The lowest BCUT2D eigenvalue weighted by atomic mass is 9.94. The molecule has 1 amide bonds. The molecule has 0 unspecified atom stereocenters. The van der Waals surface area contributed by atoms with Crippen LogP contribution in [0.1, 0.15) is 28.5 Å². The Bertz CT molecular complexity index is 1100. The maximum atomic E-state index is 14.7. The number of amides is 1. The van der Waals surface area contributed by atoms with Crippen LogP contribution in [0.15, 0.2) is 76.9 Å². The highest BCUT2D eigenvalue weighted by Gasteiger charge is 2.47. The number of aliphatic hydroxyl groups excluding tert-OH is 1. The number of nitrogens with zero attached hydrogens (tertiary/aromatic N) is 1. The third kappa shape index (κ3) is 3.33. The van der Waals surface area contributed by atoms with Crippen molar-refractivity contribution in [3.8, 4) is 0 Å². The Balaban J connectivity index is 1.89. The molecule has 29 heavy (non-hydrogen) atoms. The second-order valence-corrected chi connectivity index (χ2v) is 6.89. The third-order valence-corrected chi connectivity index (χ3v) is 4.97. The zero-order valence-electron chi connectivity index (χ0n) is 15.6. The molecule has 0 saturated carbocycles. The summed E-state index contributed by atoms with van der Waals surface area (Å²) in [5.41, 5.74) is 1.35. The zero-order valence-corrected chi connectivity index (χ0v) is 15.6. The quantitative estimate of drug-likeness (QED) is 0.408. The van der Waals surface area contributed by atoms with Crippen molar-refractivity contribution in [1.82, 2.24) is 4.90 Å². The van der Waals surface area contributed by atoms with Gasteiger partial charge >= 0.3 is 0 Å². The van der Waals surface area contributed by atoms with E-state index in [1.54, 1.807) is 42.5 Å². The molecular weight excluding hydrogens is 373 g/mol. The Labute approximate surface area is 166 Å². The van der Waals surface area contributed by atoms with Crippen LogP contribution in [0.25, 0.3) is 5.76 Å². The molecule has 5 nitrogen and oxygen atoms in total. The van der Waals surface area contributed by atoms with E-state index in [4.69, 9.17) is 4.42 Å². The van der Waals surface area contributed by atoms with Crippen molar-refractivity contribution < 1.29 is 23.5 Å². The molecule has 1 aromatic heterocycles. The number of Topliss-reactive ketones (excluding diaryl/α,β-unsaturated/α-hetero) is 1. The van der Waals surface area contributed by atoms with Crippen LogP contribution in [-0.2, 0) is 16.1 Å². The van der Waals surface area contributed by atoms with Crippen LogP contribution in [0.4, 0.5) is 4.39 Å². The summed E-state index contributed by atoms with van der Waals surface area (Å²) >= 11 is 0. The van der Waals surface area contributed by atoms with E-state index in [0.717, 1.165) is 5.56 Å². The smallest absolute Gasteiger partial charge is 0.296 e. The average Bonchev–Trinajstić information content (AvgIpc) is 3.31. The molecule has 1 N–H and O–H groups in total. The maximum absolute atomic E-state index is 14.7. The fraction of sp³-hybridized carbons (Fsp3) is 0.130. The largest absolute Gasteiger partial charge is 0.507 e. The Morgan fingerprint density at radius 1 is 1.07 bits per heavy atom. The van der Waals surface area contributed by atoms with Crippen LogP contribution in [0.3, 0.4) is 0 Å². The molecule has 4 rings (SSSR count). The molecule has 0 aliphatic carbocycles. The van der Waals surface area contributed by atoms with Gasteiger partial charge in [0.2, 0.25) is 0 Å². The van der Waals surface area contributed by atoms with E-state index in [9.17, 15) is 19.1 Å². The number of carbonyl (C=O) groups excluding carboxylic acids is 2. The number of ketones is 1. The number of benzene rings is 2. The fourth-order valence-corrected chi connectivity index (χ4v) is 3.50. The van der Waals surface area contributed by atoms with E-state index >= 15 is 0 Å². The number of carbonyl (C=O) groups is 2. The Morgan fingerprint density at radius 3 is 2.45 bits per heavy atom. The average molecular weight is 391 g/mol. The molecule has 1 aliphatic rings. The van der Waals surface area contributed by atoms with E-state index in [1.165, 1.54) is 29.4 Å². The predicted octanol–water partition coefficient (Wildman–Crippen LogP) is 4.35. The van der Waals surface area contributed by atoms with E-state index < -0.39 is 23.5 Å². The Hall–Kier alpha value is -3.67. The van der Waals surface area contributed by atoms with Gasteiger partial charge in [0.15, 0.2) is 0 Å². The van der Waals surface area contributed by atoms with Crippen molar-refractivity contribution in [1.29, 1.82) is 0 Å². The molecule has 1 saturated heterocycles. The van der Waals surface area contributed by atoms with Crippen molar-refractivity contribution in [3.05, 3.63) is 101 Å². The molecule has 6 heteroatoms. The summed E-state index contributed by atoms with van der Waals surface area (Å²) in [6.07, 6.45) is 1.45. The number of halogens is 1. The van der Waals surface area contributed by atoms with Crippen molar-refractivity contribution in [2.24, 2.45) is 0 Å². The summed E-state index contributed by atoms with van der Waals surface area (Å²) in [6, 6.07) is 15.0. The van der Waals surface area contributed by atoms with Crippen LogP contribution in [-0.4, -0.2) is 21.7 Å². The highest BCUT2D eigenvalue weighted by Crippen LogP contribution is 2.41. The van der Waals surface area contributed by atoms with Gasteiger partial charge in [-0.25, -0.2) is 4.39 Å². The van der Waals surface area contributed by atoms with Gasteiger partial charge < -0.3 is 14.4 Å². The predicted molar refractivity (Wildman–Crippen MR) is 104 cm³/mol. The maximum Gasteiger partial charge on any atom is 0.296 e. The lowest BCUT2D eigenvalue weighted by Crippen LogP contribution is -2.29. The third-order valence-electron chi connectivity index (χ3n) is 4.97. The number of furan rings is 1. The number of hydrogen-bond donors (Lipinski definition) is 1. The van der Waals surface area contributed by atoms with E-state index in [0.29, 0.717) is 11.3 Å². The van der Waals surface area contributed by atoms with Gasteiger partial charge in [-0.2, -0.15) is 0 Å². The van der Waals surface area contributed by atoms with Gasteiger partial charge in [-0.05, 0) is 25.1 Å². The molecule has 0 radical (unpaired) electrons. The van der Waals surface area contributed by atoms with Gasteiger partial charge in [0, 0.05) is 11.1 Å². The molecule has 0 bridgehead atoms. The van der Waals surface area contributed by atoms with Crippen molar-refractivity contribution in [2.75, 3.05) is 0 Å². The molecule has 0 spiro atoms. The monoisotopic (exact) mass is 391 g/mol. The minimum absolute atomic E-state index is 0.0265. The second-order valence-electron chi connectivity index (χ2n) is 6.89. The summed E-state index contributed by atoms with van der Waals surface area (Å²) in [4.78, 5) is 26.9. The number of likely N-dealkylation sites (tertiary alicyclic amines) is 1. The molecule has 1 atom stereocenters. The molecule has 1 fully saturated rings. The lowest BCUT2D eigenvalue weighted by molar-refractivity contribution is -0.140. The number of hydrogen-bond acceptors (Lipinski definition) is 4. The van der Waals surface area contributed by atoms with Crippen LogP contribution >= 0.6 is 0 Å². The SMILES string of the molecule is Cc1ccc(/C(O)=C2\C(=O)C(=O)N(Cc3ccco3)[C@@H]2c2ccccc2F)cc1. The normalized spacial score (nSPS) is 18.4. The highest BCUT2D eigenvalue weighted by molar-refractivity contribution is 6.46. The fourth-order valence-electron chi connectivity index (χ4n) is 3.50. The van der Waals surface area contributed by atoms with Crippen molar-refractivity contribution in [3.63, 3.8) is 0 Å². The minimum Gasteiger partial charge on any atom is -0.507 e. The lowest BCUT2D eigenvalue weighted by Gasteiger charge is -2.24. The van der Waals surface area contributed by atoms with Crippen LogP contribution in [0.5, 0.6) is 0 Å². The summed E-state index contributed by atoms with van der Waals surface area (Å²) < 4.78 is 20.0. The Kier molecular flexibility index (Phi) is 4.76. The van der Waals surface area contributed by atoms with Gasteiger partial charge in [-0.1, -0.05) is 48.0 Å². The van der Waals surface area contributed by atoms with E-state index in [-0.39, 0.29) is 23.4 Å². The van der Waals surface area contributed by atoms with Crippen LogP contribution in [0.2, 0.25) is 0 Å². The van der Waals surface area contributed by atoms with Crippen molar-refractivity contribution >= 4 is 17.4 Å². The van der Waals surface area contributed by atoms with E-state index in [2.05, 4.69) is 0 Å². The summed E-state index contributed by atoms with van der Waals surface area (Å²) in [7, 11) is 0. The topological polar surface area (TPSA) is 70.8 Å². The summed E-state index contributed by atoms with van der Waals surface area (Å²) in [6.45, 7) is 1.87. The number of aliphatic hydroxyl groups is 1. The molecule has 2 heterocycles. The molecule has 1 aliphatic heterocycles. The van der Waals surface area contributed by atoms with Crippen molar-refractivity contribution in [2.45, 2.75) is 19.5 Å². The van der Waals surface area contributed by atoms with Crippen LogP contribution in [0, 0.1) is 12.7 Å². The van der Waals surface area contributed by atoms with Crippen LogP contribution < -0.4 is 0 Å². The summed E-state index contributed by atoms with van der Waals surface area (Å²) in [5.74, 6) is -2.13. The molecular formula is C23H18FNO4. The van der Waals surface area contributed by atoms with Gasteiger partial charge in [0.05, 0.1) is 24.4 Å². The molecule has 146 valence electrons. The minimum atomic E-state index is -1.07. The number of aryl methyl sites for hydroxylation is 1. The van der Waals surface area contributed by atoms with E-state index in [1.807, 2.05) is 6.92 Å². The standard InChI is InChI=1S/C23H18FNO4/c1-14-8-10-15(11-9-14)21(26)19-20(17-6-2-3-7-18(17)24)25(23(28)22(19)27)13-16-5-4-12-29-16/h2-12,20,26H,13H2,1H3/b21-19+/t20-/m1/s1. The zero-order chi connectivity index (χ0) is 20.5. The van der Waals surface area contributed by atoms with Gasteiger partial charge in [-0.15, -0.1) is 0 Å². The first-order chi connectivity index (χ1) is 14.0. The first-order valence-corrected chi connectivity index (χ1v) is 9.09. The highest BCUT2D eigenvalue weighted by atomic mass is 19.1. The van der Waals surface area contributed by atoms with Gasteiger partial charge in [0.25, 0.3) is 11.7 Å². The summed E-state index contributed by atoms with van der Waals surface area (Å²) in [5, 5.41) is 10.9. The first-order valence-electron chi connectivity index (χ1n) is 9.09. The molecule has 2 aromatic carbocycles.